The summed E-state index contributed by atoms with van der Waals surface area (Å²) < 4.78 is 0. The molecule has 0 aliphatic heterocycles. The summed E-state index contributed by atoms with van der Waals surface area (Å²) in [5.41, 5.74) is 9.08. The van der Waals surface area contributed by atoms with Gasteiger partial charge in [-0.15, -0.1) is 0 Å². The Bertz CT molecular complexity index is 348. The lowest BCUT2D eigenvalue weighted by atomic mass is 10.1. The molecule has 17 heavy (non-hydrogen) atoms. The summed E-state index contributed by atoms with van der Waals surface area (Å²) in [4.78, 5) is 2.22. The smallest absolute Gasteiger partial charge is 0.0606 e. The SMILES string of the molecule is CCC(CC)N(CCO)c1ccc(C)cc1N. The minimum absolute atomic E-state index is 0.157. The summed E-state index contributed by atoms with van der Waals surface area (Å²) in [7, 11) is 0. The fourth-order valence-electron chi connectivity index (χ4n) is 2.27. The van der Waals surface area contributed by atoms with E-state index in [0.29, 0.717) is 12.6 Å². The molecule has 0 bridgehead atoms. The minimum atomic E-state index is 0.157. The van der Waals surface area contributed by atoms with Crippen LogP contribution in [0.3, 0.4) is 0 Å². The van der Waals surface area contributed by atoms with Gasteiger partial charge in [-0.1, -0.05) is 19.9 Å². The highest BCUT2D eigenvalue weighted by molar-refractivity contribution is 5.68. The van der Waals surface area contributed by atoms with E-state index in [1.54, 1.807) is 0 Å². The predicted octanol–water partition coefficient (Wildman–Crippen LogP) is 2.56. The van der Waals surface area contributed by atoms with Crippen molar-refractivity contribution in [1.29, 1.82) is 0 Å². The first kappa shape index (κ1) is 13.8. The fraction of sp³-hybridized carbons (Fsp3) is 0.571. The molecule has 0 aliphatic rings. The molecule has 3 N–H and O–H groups in total. The number of aliphatic hydroxyl groups is 1. The van der Waals surface area contributed by atoms with Crippen molar-refractivity contribution in [1.82, 2.24) is 0 Å². The molecule has 0 saturated heterocycles. The molecule has 0 saturated carbocycles. The number of hydrogen-bond donors (Lipinski definition) is 2. The van der Waals surface area contributed by atoms with Gasteiger partial charge < -0.3 is 15.7 Å². The maximum Gasteiger partial charge on any atom is 0.0606 e. The average Bonchev–Trinajstić information content (AvgIpc) is 2.30. The molecule has 1 aromatic carbocycles. The largest absolute Gasteiger partial charge is 0.397 e. The molecule has 0 aliphatic carbocycles. The van der Waals surface area contributed by atoms with Gasteiger partial charge in [-0.3, -0.25) is 0 Å². The quantitative estimate of drug-likeness (QED) is 0.746. The highest BCUT2D eigenvalue weighted by Gasteiger charge is 2.17. The normalized spacial score (nSPS) is 10.9. The van der Waals surface area contributed by atoms with E-state index in [4.69, 9.17) is 5.73 Å². The fourth-order valence-corrected chi connectivity index (χ4v) is 2.27. The number of hydrogen-bond acceptors (Lipinski definition) is 3. The highest BCUT2D eigenvalue weighted by Crippen LogP contribution is 2.27. The van der Waals surface area contributed by atoms with Gasteiger partial charge in [-0.25, -0.2) is 0 Å². The molecule has 0 heterocycles. The number of nitrogens with two attached hydrogens (primary N) is 1. The summed E-state index contributed by atoms with van der Waals surface area (Å²) in [6, 6.07) is 6.55. The second-order valence-electron chi connectivity index (χ2n) is 4.45. The maximum absolute atomic E-state index is 9.20. The number of aryl methyl sites for hydroxylation is 1. The Labute approximate surface area is 104 Å². The van der Waals surface area contributed by atoms with Crippen LogP contribution in [0.5, 0.6) is 0 Å². The van der Waals surface area contributed by atoms with Gasteiger partial charge in [0.1, 0.15) is 0 Å². The van der Waals surface area contributed by atoms with Crippen molar-refractivity contribution in [2.75, 3.05) is 23.8 Å². The van der Waals surface area contributed by atoms with Crippen molar-refractivity contribution in [3.63, 3.8) is 0 Å². The standard InChI is InChI=1S/C14H24N2O/c1-4-12(5-2)16(8-9-17)14-7-6-11(3)10-13(14)15/h6-7,10,12,17H,4-5,8-9,15H2,1-3H3. The van der Waals surface area contributed by atoms with E-state index in [2.05, 4.69) is 30.9 Å². The lowest BCUT2D eigenvalue weighted by molar-refractivity contribution is 0.296. The van der Waals surface area contributed by atoms with Gasteiger partial charge in [0, 0.05) is 12.6 Å². The molecule has 0 spiro atoms. The molecule has 3 nitrogen and oxygen atoms in total. The van der Waals surface area contributed by atoms with E-state index in [-0.39, 0.29) is 6.61 Å². The topological polar surface area (TPSA) is 49.5 Å². The Morgan fingerprint density at radius 3 is 2.41 bits per heavy atom. The average molecular weight is 236 g/mol. The van der Waals surface area contributed by atoms with Crippen LogP contribution >= 0.6 is 0 Å². The van der Waals surface area contributed by atoms with Crippen molar-refractivity contribution >= 4 is 11.4 Å². The molecule has 0 atom stereocenters. The summed E-state index contributed by atoms with van der Waals surface area (Å²) in [5.74, 6) is 0. The molecule has 0 fully saturated rings. The van der Waals surface area contributed by atoms with E-state index < -0.39 is 0 Å². The van der Waals surface area contributed by atoms with Crippen molar-refractivity contribution in [2.45, 2.75) is 39.7 Å². The lowest BCUT2D eigenvalue weighted by Gasteiger charge is -2.33. The molecular weight excluding hydrogens is 212 g/mol. The summed E-state index contributed by atoms with van der Waals surface area (Å²) in [5, 5.41) is 9.20. The molecule has 0 amide bonds. The maximum atomic E-state index is 9.20. The molecule has 3 heteroatoms. The van der Waals surface area contributed by atoms with Gasteiger partial charge >= 0.3 is 0 Å². The molecule has 0 aromatic heterocycles. The molecule has 0 unspecified atom stereocenters. The van der Waals surface area contributed by atoms with Crippen molar-refractivity contribution < 1.29 is 5.11 Å². The van der Waals surface area contributed by atoms with Gasteiger partial charge in [0.2, 0.25) is 0 Å². The number of nitrogens with zero attached hydrogens (tertiary/aromatic N) is 1. The number of benzene rings is 1. The summed E-state index contributed by atoms with van der Waals surface area (Å²) >= 11 is 0. The van der Waals surface area contributed by atoms with Crippen molar-refractivity contribution in [3.05, 3.63) is 23.8 Å². The number of aliphatic hydroxyl groups excluding tert-OH is 1. The number of nitrogen functional groups attached to an aromatic ring is 1. The third-order valence-corrected chi connectivity index (χ3v) is 3.22. The Hall–Kier alpha value is -1.22. The van der Waals surface area contributed by atoms with Gasteiger partial charge in [-0.2, -0.15) is 0 Å². The second-order valence-corrected chi connectivity index (χ2v) is 4.45. The number of anilines is 2. The van der Waals surface area contributed by atoms with Crippen LogP contribution in [0, 0.1) is 6.92 Å². The second kappa shape index (κ2) is 6.50. The van der Waals surface area contributed by atoms with Gasteiger partial charge in [-0.05, 0) is 37.5 Å². The zero-order valence-electron chi connectivity index (χ0n) is 11.1. The van der Waals surface area contributed by atoms with Crippen LogP contribution in [0.25, 0.3) is 0 Å². The van der Waals surface area contributed by atoms with E-state index in [1.165, 1.54) is 5.56 Å². The zero-order valence-corrected chi connectivity index (χ0v) is 11.1. The Kier molecular flexibility index (Phi) is 5.29. The Balaban J connectivity index is 3.03. The zero-order chi connectivity index (χ0) is 12.8. The first-order valence-corrected chi connectivity index (χ1v) is 6.37. The first-order chi connectivity index (χ1) is 8.13. The van der Waals surface area contributed by atoms with Crippen LogP contribution in [0.4, 0.5) is 11.4 Å². The third-order valence-electron chi connectivity index (χ3n) is 3.22. The van der Waals surface area contributed by atoms with Crippen LogP contribution < -0.4 is 10.6 Å². The molecular formula is C14H24N2O. The minimum Gasteiger partial charge on any atom is -0.397 e. The highest BCUT2D eigenvalue weighted by atomic mass is 16.3. The van der Waals surface area contributed by atoms with E-state index in [9.17, 15) is 5.11 Å². The van der Waals surface area contributed by atoms with Gasteiger partial charge in [0.25, 0.3) is 0 Å². The Morgan fingerprint density at radius 1 is 1.29 bits per heavy atom. The van der Waals surface area contributed by atoms with Crippen LogP contribution in [0.2, 0.25) is 0 Å². The van der Waals surface area contributed by atoms with Gasteiger partial charge in [0.15, 0.2) is 0 Å². The Morgan fingerprint density at radius 2 is 1.94 bits per heavy atom. The molecule has 96 valence electrons. The number of rotatable bonds is 6. The van der Waals surface area contributed by atoms with Crippen LogP contribution in [0.1, 0.15) is 32.3 Å². The monoisotopic (exact) mass is 236 g/mol. The van der Waals surface area contributed by atoms with Crippen molar-refractivity contribution in [2.24, 2.45) is 0 Å². The van der Waals surface area contributed by atoms with Crippen molar-refractivity contribution in [3.8, 4) is 0 Å². The third kappa shape index (κ3) is 3.37. The van der Waals surface area contributed by atoms with Crippen LogP contribution in [-0.2, 0) is 0 Å². The molecule has 1 aromatic rings. The summed E-state index contributed by atoms with van der Waals surface area (Å²) in [6.45, 7) is 7.17. The summed E-state index contributed by atoms with van der Waals surface area (Å²) in [6.07, 6.45) is 2.12. The van der Waals surface area contributed by atoms with Crippen LogP contribution in [0.15, 0.2) is 18.2 Å². The lowest BCUT2D eigenvalue weighted by Crippen LogP contribution is -2.37. The van der Waals surface area contributed by atoms with Gasteiger partial charge in [0.05, 0.1) is 18.0 Å². The molecule has 0 radical (unpaired) electrons. The van der Waals surface area contributed by atoms with Crippen LogP contribution in [-0.4, -0.2) is 24.3 Å². The predicted molar refractivity (Wildman–Crippen MR) is 74.4 cm³/mol. The van der Waals surface area contributed by atoms with E-state index in [1.807, 2.05) is 13.0 Å². The van der Waals surface area contributed by atoms with E-state index in [0.717, 1.165) is 24.2 Å². The first-order valence-electron chi connectivity index (χ1n) is 6.37. The van der Waals surface area contributed by atoms with E-state index >= 15 is 0 Å². The molecule has 1 rings (SSSR count).